The fourth-order valence-electron chi connectivity index (χ4n) is 4.39. The Labute approximate surface area is 270 Å². The first-order valence-electron chi connectivity index (χ1n) is 13.4. The number of anilines is 1. The largest absolute Gasteiger partial charge is 0.573 e. The summed E-state index contributed by atoms with van der Waals surface area (Å²) in [6.45, 7) is 3.81. The molecule has 0 aliphatic carbocycles. The molecule has 1 fully saturated rings. The van der Waals surface area contributed by atoms with Crippen LogP contribution in [0.4, 0.5) is 23.7 Å². The quantitative estimate of drug-likeness (QED) is 0.174. The van der Waals surface area contributed by atoms with E-state index in [-0.39, 0.29) is 35.1 Å². The van der Waals surface area contributed by atoms with Gasteiger partial charge in [0.15, 0.2) is 11.0 Å². The molecule has 45 heavy (non-hydrogen) atoms. The van der Waals surface area contributed by atoms with Crippen LogP contribution in [0.1, 0.15) is 36.3 Å². The van der Waals surface area contributed by atoms with Crippen molar-refractivity contribution in [3.8, 4) is 22.8 Å². The Balaban J connectivity index is 1.20. The molecule has 234 valence electrons. The third-order valence-electron chi connectivity index (χ3n) is 6.52. The maximum Gasteiger partial charge on any atom is 0.573 e. The van der Waals surface area contributed by atoms with Crippen LogP contribution in [-0.4, -0.2) is 50.7 Å². The molecule has 1 saturated heterocycles. The summed E-state index contributed by atoms with van der Waals surface area (Å²) in [6.07, 6.45) is -4.23. The van der Waals surface area contributed by atoms with E-state index >= 15 is 0 Å². The van der Waals surface area contributed by atoms with Crippen LogP contribution < -0.4 is 9.64 Å². The first-order chi connectivity index (χ1) is 21.4. The van der Waals surface area contributed by atoms with Crippen molar-refractivity contribution in [3.05, 3.63) is 89.2 Å². The van der Waals surface area contributed by atoms with Gasteiger partial charge in [-0.05, 0) is 53.4 Å². The molecule has 0 N–H and O–H groups in total. The number of amidine groups is 1. The third-order valence-corrected chi connectivity index (χ3v) is 8.05. The number of alkyl halides is 4. The highest BCUT2D eigenvalue weighted by molar-refractivity contribution is 8.15. The average Bonchev–Trinajstić information content (AvgIpc) is 3.62. The minimum atomic E-state index is -4.78. The van der Waals surface area contributed by atoms with E-state index in [1.165, 1.54) is 40.2 Å². The molecule has 4 aromatic rings. The lowest BCUT2D eigenvalue weighted by atomic mass is 10.0. The van der Waals surface area contributed by atoms with Crippen LogP contribution >= 0.6 is 35.0 Å². The minimum Gasteiger partial charge on any atom is -0.446 e. The Kier molecular flexibility index (Phi) is 9.70. The zero-order chi connectivity index (χ0) is 32.3. The van der Waals surface area contributed by atoms with Gasteiger partial charge in [0.25, 0.3) is 0 Å². The summed E-state index contributed by atoms with van der Waals surface area (Å²) in [5, 5.41) is 4.33. The molecule has 1 aliphatic rings. The van der Waals surface area contributed by atoms with Crippen molar-refractivity contribution in [2.75, 3.05) is 17.3 Å². The molecule has 0 saturated carbocycles. The Morgan fingerprint density at radius 1 is 1.09 bits per heavy atom. The van der Waals surface area contributed by atoms with Crippen LogP contribution in [0.25, 0.3) is 17.1 Å². The number of thioether (sulfide) groups is 1. The fraction of sp³-hybridized carbons (Fsp3) is 0.233. The van der Waals surface area contributed by atoms with Gasteiger partial charge >= 0.3 is 12.5 Å². The standard InChI is InChI=1S/C30H24Cl2F3N5O4S/c1-17(2)23-12-7-20(31)13-25(23)40-26(41)15-45-28(40)37-29(42)43-14-24(32)18-3-5-19(6-4-18)27-36-16-39(38-27)21-8-10-22(11-9-21)44-30(33,34)35/h3-13,16-17,24H,14-15H2,1-2H3/b37-28-. The lowest BCUT2D eigenvalue weighted by molar-refractivity contribution is -0.274. The van der Waals surface area contributed by atoms with E-state index in [1.54, 1.807) is 36.4 Å². The molecule has 2 amide bonds. The molecule has 15 heteroatoms. The molecule has 2 heterocycles. The average molecular weight is 679 g/mol. The molecule has 1 atom stereocenters. The van der Waals surface area contributed by atoms with Crippen molar-refractivity contribution in [2.45, 2.75) is 31.5 Å². The predicted octanol–water partition coefficient (Wildman–Crippen LogP) is 8.16. The van der Waals surface area contributed by atoms with E-state index in [1.807, 2.05) is 19.9 Å². The number of hydrogen-bond acceptors (Lipinski definition) is 7. The highest BCUT2D eigenvalue weighted by Gasteiger charge is 2.33. The second-order valence-electron chi connectivity index (χ2n) is 9.99. The number of nitrogens with zero attached hydrogens (tertiary/aromatic N) is 5. The summed E-state index contributed by atoms with van der Waals surface area (Å²) >= 11 is 13.8. The molecular formula is C30H24Cl2F3N5O4S. The molecule has 5 rings (SSSR count). The maximum atomic E-state index is 12.7. The Bertz CT molecular complexity index is 1730. The molecule has 0 radical (unpaired) electrons. The van der Waals surface area contributed by atoms with Crippen LogP contribution in [0, 0.1) is 0 Å². The first-order valence-corrected chi connectivity index (χ1v) is 15.2. The van der Waals surface area contributed by atoms with Crippen molar-refractivity contribution in [1.82, 2.24) is 14.8 Å². The number of aliphatic imine (C=N–C) groups is 1. The van der Waals surface area contributed by atoms with Crippen molar-refractivity contribution in [1.29, 1.82) is 0 Å². The molecule has 1 unspecified atom stereocenters. The summed E-state index contributed by atoms with van der Waals surface area (Å²) < 4.78 is 47.8. The first kappa shape index (κ1) is 32.3. The Hall–Kier alpha value is -4.07. The van der Waals surface area contributed by atoms with Gasteiger partial charge in [0.1, 0.15) is 18.7 Å². The van der Waals surface area contributed by atoms with E-state index < -0.39 is 17.8 Å². The summed E-state index contributed by atoms with van der Waals surface area (Å²) in [7, 11) is 0. The highest BCUT2D eigenvalue weighted by Crippen LogP contribution is 2.35. The summed E-state index contributed by atoms with van der Waals surface area (Å²) in [5.41, 5.74) is 3.26. The lowest BCUT2D eigenvalue weighted by Crippen LogP contribution is -2.31. The van der Waals surface area contributed by atoms with Crippen molar-refractivity contribution >= 4 is 57.8 Å². The zero-order valence-electron chi connectivity index (χ0n) is 23.7. The summed E-state index contributed by atoms with van der Waals surface area (Å²) in [6, 6.07) is 17.4. The molecule has 1 aromatic heterocycles. The number of carbonyl (C=O) groups excluding carboxylic acids is 2. The summed E-state index contributed by atoms with van der Waals surface area (Å²) in [4.78, 5) is 35.0. The number of rotatable bonds is 8. The molecule has 3 aromatic carbocycles. The zero-order valence-corrected chi connectivity index (χ0v) is 26.0. The topological polar surface area (TPSA) is 98.9 Å². The highest BCUT2D eigenvalue weighted by atomic mass is 35.5. The second-order valence-corrected chi connectivity index (χ2v) is 11.9. The Morgan fingerprint density at radius 3 is 2.47 bits per heavy atom. The number of aromatic nitrogens is 3. The van der Waals surface area contributed by atoms with Gasteiger partial charge in [-0.25, -0.2) is 14.5 Å². The maximum absolute atomic E-state index is 12.7. The molecule has 1 aliphatic heterocycles. The Morgan fingerprint density at radius 2 is 1.80 bits per heavy atom. The summed E-state index contributed by atoms with van der Waals surface area (Å²) in [5.74, 6) is 0.0268. The smallest absolute Gasteiger partial charge is 0.446 e. The number of ether oxygens (including phenoxy) is 2. The van der Waals surface area contributed by atoms with Crippen molar-refractivity contribution < 1.29 is 32.2 Å². The van der Waals surface area contributed by atoms with E-state index in [2.05, 4.69) is 19.8 Å². The number of hydrogen-bond donors (Lipinski definition) is 0. The van der Waals surface area contributed by atoms with Crippen LogP contribution in [0.3, 0.4) is 0 Å². The van der Waals surface area contributed by atoms with E-state index in [9.17, 15) is 22.8 Å². The molecular weight excluding hydrogens is 654 g/mol. The van der Waals surface area contributed by atoms with Gasteiger partial charge in [0.2, 0.25) is 5.91 Å². The third kappa shape index (κ3) is 7.96. The normalized spacial score (nSPS) is 15.2. The SMILES string of the molecule is CC(C)c1ccc(Cl)cc1N1C(=O)CS/C1=N\C(=O)OCC(Cl)c1ccc(-c2ncn(-c3ccc(OC(F)(F)F)cc3)n2)cc1. The minimum absolute atomic E-state index is 0.0984. The number of amides is 2. The van der Waals surface area contributed by atoms with Crippen LogP contribution in [0.2, 0.25) is 5.02 Å². The van der Waals surface area contributed by atoms with E-state index in [0.717, 1.165) is 17.3 Å². The number of carbonyl (C=O) groups is 2. The van der Waals surface area contributed by atoms with Gasteiger partial charge in [-0.15, -0.1) is 29.9 Å². The van der Waals surface area contributed by atoms with E-state index in [4.69, 9.17) is 27.9 Å². The van der Waals surface area contributed by atoms with Gasteiger partial charge in [-0.3, -0.25) is 9.69 Å². The van der Waals surface area contributed by atoms with Gasteiger partial charge in [0.05, 0.1) is 22.5 Å². The van der Waals surface area contributed by atoms with Gasteiger partial charge in [-0.1, -0.05) is 67.5 Å². The van der Waals surface area contributed by atoms with Gasteiger partial charge in [0, 0.05) is 10.6 Å². The number of halogens is 5. The van der Waals surface area contributed by atoms with Crippen LogP contribution in [0.5, 0.6) is 5.75 Å². The molecule has 0 bridgehead atoms. The molecule has 0 spiro atoms. The monoisotopic (exact) mass is 677 g/mol. The molecule has 9 nitrogen and oxygen atoms in total. The predicted molar refractivity (Wildman–Crippen MR) is 166 cm³/mol. The van der Waals surface area contributed by atoms with Gasteiger partial charge in [-0.2, -0.15) is 4.99 Å². The second kappa shape index (κ2) is 13.5. The van der Waals surface area contributed by atoms with E-state index in [0.29, 0.717) is 33.3 Å². The lowest BCUT2D eigenvalue weighted by Gasteiger charge is -2.21. The number of benzene rings is 3. The fourth-order valence-corrected chi connectivity index (χ4v) is 5.62. The van der Waals surface area contributed by atoms with Crippen LogP contribution in [0.15, 0.2) is 78.0 Å². The van der Waals surface area contributed by atoms with Crippen molar-refractivity contribution in [3.63, 3.8) is 0 Å². The van der Waals surface area contributed by atoms with Crippen LogP contribution in [-0.2, 0) is 9.53 Å². The van der Waals surface area contributed by atoms with Crippen molar-refractivity contribution in [2.24, 2.45) is 4.99 Å². The van der Waals surface area contributed by atoms with Gasteiger partial charge < -0.3 is 9.47 Å².